The first-order valence-electron chi connectivity index (χ1n) is 6.83. The Hall–Kier alpha value is -1.03. The lowest BCUT2D eigenvalue weighted by atomic mass is 10.4. The third-order valence-electron chi connectivity index (χ3n) is 2.68. The minimum absolute atomic E-state index is 0.00329. The lowest BCUT2D eigenvalue weighted by Gasteiger charge is -2.21. The molecule has 0 saturated heterocycles. The third-order valence-corrected chi connectivity index (χ3v) is 5.20. The van der Waals surface area contributed by atoms with Gasteiger partial charge in [-0.05, 0) is 12.8 Å². The van der Waals surface area contributed by atoms with Crippen LogP contribution in [0, 0.1) is 0 Å². The summed E-state index contributed by atoms with van der Waals surface area (Å²) >= 11 is 1.22. The Morgan fingerprint density at radius 2 is 2.00 bits per heavy atom. The molecule has 0 aliphatic rings. The van der Waals surface area contributed by atoms with E-state index in [-0.39, 0.29) is 12.2 Å². The summed E-state index contributed by atoms with van der Waals surface area (Å²) in [4.78, 5) is 14.6. The zero-order valence-electron chi connectivity index (χ0n) is 12.2. The lowest BCUT2D eigenvalue weighted by Crippen LogP contribution is -2.42. The molecule has 0 aromatic carbocycles. The fourth-order valence-corrected chi connectivity index (χ4v) is 3.91. The van der Waals surface area contributed by atoms with Gasteiger partial charge in [0.1, 0.15) is 0 Å². The van der Waals surface area contributed by atoms with Crippen LogP contribution in [0.3, 0.4) is 0 Å². The number of rotatable bonds is 10. The fraction of sp³-hybridized carbons (Fsp3) is 0.667. The first-order valence-corrected chi connectivity index (χ1v) is 9.15. The summed E-state index contributed by atoms with van der Waals surface area (Å²) in [6.45, 7) is 5.05. The van der Waals surface area contributed by atoms with Crippen LogP contribution in [-0.4, -0.2) is 48.4 Å². The van der Waals surface area contributed by atoms with Gasteiger partial charge in [0.15, 0.2) is 5.69 Å². The van der Waals surface area contributed by atoms with Crippen LogP contribution in [0.15, 0.2) is 5.38 Å². The van der Waals surface area contributed by atoms with E-state index in [2.05, 4.69) is 9.71 Å². The van der Waals surface area contributed by atoms with Crippen LogP contribution in [0.1, 0.15) is 42.2 Å². The van der Waals surface area contributed by atoms with E-state index in [1.165, 1.54) is 21.0 Å². The number of carbonyl (C=O) groups is 1. The molecule has 1 rings (SSSR count). The highest BCUT2D eigenvalue weighted by Gasteiger charge is 2.19. The largest absolute Gasteiger partial charge is 0.476 e. The normalized spacial score (nSPS) is 12.0. The van der Waals surface area contributed by atoms with E-state index in [9.17, 15) is 13.2 Å². The maximum absolute atomic E-state index is 12.1. The number of carboxylic acid groups (broad SMARTS) is 1. The highest BCUT2D eigenvalue weighted by molar-refractivity contribution is 7.87. The molecule has 1 aromatic heterocycles. The highest BCUT2D eigenvalue weighted by atomic mass is 32.2. The molecule has 0 amide bonds. The summed E-state index contributed by atoms with van der Waals surface area (Å²) in [7, 11) is -3.48. The molecule has 2 N–H and O–H groups in total. The fourth-order valence-electron chi connectivity index (χ4n) is 1.75. The maximum atomic E-state index is 12.1. The lowest BCUT2D eigenvalue weighted by molar-refractivity contribution is 0.0691. The molecule has 0 spiro atoms. The molecular formula is C12H21N3O4S2. The Morgan fingerprint density at radius 3 is 2.48 bits per heavy atom. The van der Waals surface area contributed by atoms with Crippen LogP contribution in [0.5, 0.6) is 0 Å². The number of carboxylic acids is 1. The summed E-state index contributed by atoms with van der Waals surface area (Å²) in [5.41, 5.74) is -0.00329. The maximum Gasteiger partial charge on any atom is 0.355 e. The Balaban J connectivity index is 2.53. The van der Waals surface area contributed by atoms with Gasteiger partial charge in [-0.25, -0.2) is 14.5 Å². The molecule has 0 bridgehead atoms. The van der Waals surface area contributed by atoms with E-state index in [1.807, 2.05) is 13.8 Å². The van der Waals surface area contributed by atoms with Crippen LogP contribution in [0.25, 0.3) is 0 Å². The molecule has 7 nitrogen and oxygen atoms in total. The van der Waals surface area contributed by atoms with Crippen LogP contribution < -0.4 is 4.72 Å². The van der Waals surface area contributed by atoms with Crippen LogP contribution >= 0.6 is 11.3 Å². The molecule has 1 aromatic rings. The van der Waals surface area contributed by atoms with Crippen molar-refractivity contribution >= 4 is 27.5 Å². The Bertz CT molecular complexity index is 551. The summed E-state index contributed by atoms with van der Waals surface area (Å²) in [5, 5.41) is 10.8. The topological polar surface area (TPSA) is 99.6 Å². The van der Waals surface area contributed by atoms with E-state index >= 15 is 0 Å². The summed E-state index contributed by atoms with van der Waals surface area (Å²) in [5.74, 6) is -1.07. The molecule has 120 valence electrons. The monoisotopic (exact) mass is 335 g/mol. The van der Waals surface area contributed by atoms with Crippen molar-refractivity contribution in [1.82, 2.24) is 14.0 Å². The molecule has 0 aliphatic heterocycles. The molecule has 9 heteroatoms. The number of nitrogens with one attached hydrogen (secondary N) is 1. The highest BCUT2D eigenvalue weighted by Crippen LogP contribution is 2.10. The van der Waals surface area contributed by atoms with E-state index in [0.29, 0.717) is 24.5 Å². The number of aromatic nitrogens is 1. The average Bonchev–Trinajstić information content (AvgIpc) is 2.87. The molecule has 21 heavy (non-hydrogen) atoms. The Kier molecular flexibility index (Phi) is 7.23. The minimum atomic E-state index is -3.48. The van der Waals surface area contributed by atoms with E-state index in [0.717, 1.165) is 12.8 Å². The van der Waals surface area contributed by atoms with Crippen molar-refractivity contribution in [3.63, 3.8) is 0 Å². The van der Waals surface area contributed by atoms with Crippen molar-refractivity contribution in [1.29, 1.82) is 0 Å². The van der Waals surface area contributed by atoms with Gasteiger partial charge in [0.2, 0.25) is 0 Å². The van der Waals surface area contributed by atoms with Crippen LogP contribution in [-0.2, 0) is 16.6 Å². The molecule has 0 saturated carbocycles. The zero-order chi connectivity index (χ0) is 15.9. The number of hydrogen-bond donors (Lipinski definition) is 2. The van der Waals surface area contributed by atoms with Crippen molar-refractivity contribution in [2.75, 3.05) is 19.6 Å². The van der Waals surface area contributed by atoms with Gasteiger partial charge in [-0.2, -0.15) is 12.7 Å². The quantitative estimate of drug-likeness (QED) is 0.672. The van der Waals surface area contributed by atoms with Crippen LogP contribution in [0.2, 0.25) is 0 Å². The van der Waals surface area contributed by atoms with Crippen molar-refractivity contribution in [2.45, 2.75) is 33.1 Å². The summed E-state index contributed by atoms with van der Waals surface area (Å²) in [6.07, 6.45) is 1.90. The second-order valence-electron chi connectivity index (χ2n) is 4.48. The second kappa shape index (κ2) is 8.42. The van der Waals surface area contributed by atoms with Gasteiger partial charge in [-0.1, -0.05) is 13.8 Å². The smallest absolute Gasteiger partial charge is 0.355 e. The van der Waals surface area contributed by atoms with E-state index < -0.39 is 16.2 Å². The number of nitrogens with zero attached hydrogens (tertiary/aromatic N) is 2. The van der Waals surface area contributed by atoms with Gasteiger partial charge in [-0.15, -0.1) is 11.3 Å². The van der Waals surface area contributed by atoms with Gasteiger partial charge in [0.05, 0.1) is 5.01 Å². The molecule has 0 aliphatic carbocycles. The molecule has 1 heterocycles. The minimum Gasteiger partial charge on any atom is -0.476 e. The van der Waals surface area contributed by atoms with Crippen molar-refractivity contribution in [3.05, 3.63) is 16.1 Å². The van der Waals surface area contributed by atoms with Crippen molar-refractivity contribution in [3.8, 4) is 0 Å². The molecule has 0 radical (unpaired) electrons. The average molecular weight is 335 g/mol. The standard InChI is InChI=1S/C12H21N3O4S2/c1-3-7-15(8-4-2)21(18,19)13-6-5-11-14-10(9-20-11)12(16)17/h9,13H,3-8H2,1-2H3,(H,16,17). The third kappa shape index (κ3) is 5.70. The SMILES string of the molecule is CCCN(CCC)S(=O)(=O)NCCc1nc(C(=O)O)cs1. The predicted octanol–water partition coefficient (Wildman–Crippen LogP) is 1.34. The van der Waals surface area contributed by atoms with Crippen molar-refractivity contribution in [2.24, 2.45) is 0 Å². The van der Waals surface area contributed by atoms with E-state index in [4.69, 9.17) is 5.11 Å². The second-order valence-corrected chi connectivity index (χ2v) is 7.18. The van der Waals surface area contributed by atoms with Crippen LogP contribution in [0.4, 0.5) is 0 Å². The first kappa shape index (κ1) is 18.0. The van der Waals surface area contributed by atoms with Gasteiger partial charge < -0.3 is 5.11 Å². The predicted molar refractivity (Wildman–Crippen MR) is 81.9 cm³/mol. The molecule has 0 unspecified atom stereocenters. The molecular weight excluding hydrogens is 314 g/mol. The summed E-state index contributed by atoms with van der Waals surface area (Å²) < 4.78 is 28.2. The van der Waals surface area contributed by atoms with Gasteiger partial charge in [0, 0.05) is 31.4 Å². The summed E-state index contributed by atoms with van der Waals surface area (Å²) in [6, 6.07) is 0. The molecule has 0 atom stereocenters. The zero-order valence-corrected chi connectivity index (χ0v) is 13.8. The van der Waals surface area contributed by atoms with Crippen molar-refractivity contribution < 1.29 is 18.3 Å². The Labute approximate surface area is 129 Å². The molecule has 0 fully saturated rings. The first-order chi connectivity index (χ1) is 9.90. The van der Waals surface area contributed by atoms with Gasteiger partial charge in [-0.3, -0.25) is 0 Å². The Morgan fingerprint density at radius 1 is 1.38 bits per heavy atom. The number of aromatic carboxylic acids is 1. The number of hydrogen-bond acceptors (Lipinski definition) is 5. The van der Waals surface area contributed by atoms with Gasteiger partial charge >= 0.3 is 5.97 Å². The van der Waals surface area contributed by atoms with Gasteiger partial charge in [0.25, 0.3) is 10.2 Å². The van der Waals surface area contributed by atoms with E-state index in [1.54, 1.807) is 0 Å². The number of thiazole rings is 1.